The van der Waals surface area contributed by atoms with Crippen molar-refractivity contribution in [3.05, 3.63) is 0 Å². The summed E-state index contributed by atoms with van der Waals surface area (Å²) in [6.07, 6.45) is 3.77. The van der Waals surface area contributed by atoms with E-state index in [1.165, 1.54) is 0 Å². The number of likely N-dealkylation sites (N-methyl/N-ethyl adjacent to an activating group) is 1. The summed E-state index contributed by atoms with van der Waals surface area (Å²) in [5.41, 5.74) is 5.35. The van der Waals surface area contributed by atoms with Crippen LogP contribution in [0.1, 0.15) is 39.5 Å². The number of hydrogen-bond acceptors (Lipinski definition) is 3. The van der Waals surface area contributed by atoms with Crippen LogP contribution in [0.3, 0.4) is 0 Å². The molecule has 1 aliphatic rings. The van der Waals surface area contributed by atoms with Gasteiger partial charge in [-0.15, -0.1) is 0 Å². The summed E-state index contributed by atoms with van der Waals surface area (Å²) in [6.45, 7) is 6.33. The second kappa shape index (κ2) is 6.36. The standard InChI is InChI=1S/C13H26N2O2/c1-4-7-13(2,14)12(16)15(3)10-11-5-8-17-9-6-11/h11H,4-10,14H2,1-3H3. The van der Waals surface area contributed by atoms with Crippen LogP contribution < -0.4 is 5.73 Å². The minimum atomic E-state index is -0.714. The Morgan fingerprint density at radius 1 is 1.47 bits per heavy atom. The van der Waals surface area contributed by atoms with Crippen LogP contribution in [0.5, 0.6) is 0 Å². The molecule has 0 spiro atoms. The highest BCUT2D eigenvalue weighted by molar-refractivity contribution is 5.85. The van der Waals surface area contributed by atoms with Crippen molar-refractivity contribution >= 4 is 5.91 Å². The first-order valence-electron chi connectivity index (χ1n) is 6.59. The van der Waals surface area contributed by atoms with Crippen LogP contribution in [0.25, 0.3) is 0 Å². The molecule has 4 heteroatoms. The van der Waals surface area contributed by atoms with Gasteiger partial charge in [-0.1, -0.05) is 13.3 Å². The molecule has 4 nitrogen and oxygen atoms in total. The van der Waals surface area contributed by atoms with Crippen molar-refractivity contribution in [3.63, 3.8) is 0 Å². The lowest BCUT2D eigenvalue weighted by Crippen LogP contribution is -2.53. The van der Waals surface area contributed by atoms with Gasteiger partial charge in [0.25, 0.3) is 0 Å². The SMILES string of the molecule is CCCC(C)(N)C(=O)N(C)CC1CCOCC1. The molecule has 0 saturated carbocycles. The molecule has 0 bridgehead atoms. The number of ether oxygens (including phenoxy) is 1. The van der Waals surface area contributed by atoms with Crippen molar-refractivity contribution in [2.45, 2.75) is 45.1 Å². The van der Waals surface area contributed by atoms with Gasteiger partial charge in [0.15, 0.2) is 0 Å². The van der Waals surface area contributed by atoms with E-state index in [-0.39, 0.29) is 5.91 Å². The van der Waals surface area contributed by atoms with Crippen LogP contribution >= 0.6 is 0 Å². The Morgan fingerprint density at radius 3 is 2.59 bits per heavy atom. The van der Waals surface area contributed by atoms with Crippen molar-refractivity contribution in [3.8, 4) is 0 Å². The quantitative estimate of drug-likeness (QED) is 0.792. The summed E-state index contributed by atoms with van der Waals surface area (Å²) in [5, 5.41) is 0. The minimum absolute atomic E-state index is 0.0610. The van der Waals surface area contributed by atoms with Gasteiger partial charge in [-0.05, 0) is 32.1 Å². The molecule has 0 aromatic heterocycles. The fourth-order valence-electron chi connectivity index (χ4n) is 2.46. The molecule has 0 aliphatic carbocycles. The topological polar surface area (TPSA) is 55.6 Å². The molecule has 0 aromatic rings. The highest BCUT2D eigenvalue weighted by Crippen LogP contribution is 2.18. The first-order chi connectivity index (χ1) is 7.97. The molecule has 2 N–H and O–H groups in total. The second-order valence-electron chi connectivity index (χ2n) is 5.41. The van der Waals surface area contributed by atoms with Gasteiger partial charge in [0, 0.05) is 26.8 Å². The van der Waals surface area contributed by atoms with Crippen LogP contribution in [0, 0.1) is 5.92 Å². The van der Waals surface area contributed by atoms with Gasteiger partial charge in [0.1, 0.15) is 0 Å². The van der Waals surface area contributed by atoms with E-state index in [0.717, 1.165) is 45.4 Å². The molecular formula is C13H26N2O2. The lowest BCUT2D eigenvalue weighted by atomic mass is 9.94. The Labute approximate surface area is 104 Å². The molecule has 17 heavy (non-hydrogen) atoms. The maximum Gasteiger partial charge on any atom is 0.242 e. The largest absolute Gasteiger partial charge is 0.381 e. The number of amides is 1. The van der Waals surface area contributed by atoms with Gasteiger partial charge in [0.05, 0.1) is 5.54 Å². The summed E-state index contributed by atoms with van der Waals surface area (Å²) in [4.78, 5) is 14.0. The van der Waals surface area contributed by atoms with Crippen LogP contribution in [0.2, 0.25) is 0 Å². The van der Waals surface area contributed by atoms with Crippen LogP contribution in [-0.2, 0) is 9.53 Å². The number of nitrogens with zero attached hydrogens (tertiary/aromatic N) is 1. The van der Waals surface area contributed by atoms with E-state index < -0.39 is 5.54 Å². The third-order valence-corrected chi connectivity index (χ3v) is 3.48. The summed E-state index contributed by atoms with van der Waals surface area (Å²) in [5.74, 6) is 0.626. The van der Waals surface area contributed by atoms with E-state index in [2.05, 4.69) is 6.92 Å². The highest BCUT2D eigenvalue weighted by atomic mass is 16.5. The van der Waals surface area contributed by atoms with E-state index in [0.29, 0.717) is 5.92 Å². The molecule has 1 saturated heterocycles. The molecule has 0 aromatic carbocycles. The smallest absolute Gasteiger partial charge is 0.242 e. The predicted molar refractivity (Wildman–Crippen MR) is 68.7 cm³/mol. The van der Waals surface area contributed by atoms with Gasteiger partial charge in [-0.2, -0.15) is 0 Å². The maximum absolute atomic E-state index is 12.2. The van der Waals surface area contributed by atoms with E-state index in [1.807, 2.05) is 14.0 Å². The fourth-order valence-corrected chi connectivity index (χ4v) is 2.46. The molecule has 1 heterocycles. The van der Waals surface area contributed by atoms with Crippen molar-refractivity contribution < 1.29 is 9.53 Å². The number of hydrogen-bond donors (Lipinski definition) is 1. The Balaban J connectivity index is 2.45. The Bertz CT molecular complexity index is 248. The first kappa shape index (κ1) is 14.5. The Hall–Kier alpha value is -0.610. The van der Waals surface area contributed by atoms with Crippen LogP contribution in [0.15, 0.2) is 0 Å². The molecule has 1 aliphatic heterocycles. The van der Waals surface area contributed by atoms with Crippen molar-refractivity contribution in [2.24, 2.45) is 11.7 Å². The Kier molecular flexibility index (Phi) is 5.40. The molecule has 1 amide bonds. The molecule has 1 unspecified atom stereocenters. The summed E-state index contributed by atoms with van der Waals surface area (Å²) in [6, 6.07) is 0. The zero-order valence-corrected chi connectivity index (χ0v) is 11.4. The number of rotatable bonds is 5. The second-order valence-corrected chi connectivity index (χ2v) is 5.41. The van der Waals surface area contributed by atoms with E-state index in [9.17, 15) is 4.79 Å². The zero-order valence-electron chi connectivity index (χ0n) is 11.4. The van der Waals surface area contributed by atoms with Gasteiger partial charge in [0.2, 0.25) is 5.91 Å². The average Bonchev–Trinajstić information content (AvgIpc) is 2.29. The average molecular weight is 242 g/mol. The summed E-state index contributed by atoms with van der Waals surface area (Å²) in [7, 11) is 1.86. The molecule has 0 radical (unpaired) electrons. The fraction of sp³-hybridized carbons (Fsp3) is 0.923. The van der Waals surface area contributed by atoms with E-state index in [4.69, 9.17) is 10.5 Å². The third-order valence-electron chi connectivity index (χ3n) is 3.48. The molecule has 100 valence electrons. The van der Waals surface area contributed by atoms with Gasteiger partial charge < -0.3 is 15.4 Å². The zero-order chi connectivity index (χ0) is 12.9. The molecule has 1 atom stereocenters. The van der Waals surface area contributed by atoms with Gasteiger partial charge >= 0.3 is 0 Å². The number of carbonyl (C=O) groups excluding carboxylic acids is 1. The van der Waals surface area contributed by atoms with E-state index in [1.54, 1.807) is 4.90 Å². The lowest BCUT2D eigenvalue weighted by Gasteiger charge is -2.32. The highest BCUT2D eigenvalue weighted by Gasteiger charge is 2.31. The summed E-state index contributed by atoms with van der Waals surface area (Å²) >= 11 is 0. The predicted octanol–water partition coefficient (Wildman–Crippen LogP) is 1.39. The van der Waals surface area contributed by atoms with Crippen LogP contribution in [0.4, 0.5) is 0 Å². The first-order valence-corrected chi connectivity index (χ1v) is 6.59. The monoisotopic (exact) mass is 242 g/mol. The summed E-state index contributed by atoms with van der Waals surface area (Å²) < 4.78 is 5.32. The van der Waals surface area contributed by atoms with Crippen molar-refractivity contribution in [1.29, 1.82) is 0 Å². The molecule has 1 fully saturated rings. The van der Waals surface area contributed by atoms with Gasteiger partial charge in [-0.3, -0.25) is 4.79 Å². The minimum Gasteiger partial charge on any atom is -0.381 e. The number of carbonyl (C=O) groups is 1. The normalized spacial score (nSPS) is 20.9. The lowest BCUT2D eigenvalue weighted by molar-refractivity contribution is -0.136. The molecule has 1 rings (SSSR count). The maximum atomic E-state index is 12.2. The van der Waals surface area contributed by atoms with Crippen molar-refractivity contribution in [2.75, 3.05) is 26.8 Å². The van der Waals surface area contributed by atoms with Crippen molar-refractivity contribution in [1.82, 2.24) is 4.90 Å². The third kappa shape index (κ3) is 4.28. The van der Waals surface area contributed by atoms with Gasteiger partial charge in [-0.25, -0.2) is 0 Å². The Morgan fingerprint density at radius 2 is 2.06 bits per heavy atom. The van der Waals surface area contributed by atoms with E-state index >= 15 is 0 Å². The van der Waals surface area contributed by atoms with Crippen LogP contribution in [-0.4, -0.2) is 43.2 Å². The number of nitrogens with two attached hydrogens (primary N) is 1. The molecular weight excluding hydrogens is 216 g/mol.